The number of aromatic nitrogens is 1. The summed E-state index contributed by atoms with van der Waals surface area (Å²) in [5.74, 6) is -1.25. The molecule has 0 aromatic carbocycles. The van der Waals surface area contributed by atoms with Crippen LogP contribution in [0.2, 0.25) is 0 Å². The van der Waals surface area contributed by atoms with Gasteiger partial charge in [0.1, 0.15) is 11.8 Å². The molecule has 0 spiro atoms. The molecule has 1 aromatic heterocycles. The summed E-state index contributed by atoms with van der Waals surface area (Å²) in [6.45, 7) is 1.73. The van der Waals surface area contributed by atoms with Crippen LogP contribution in [0.1, 0.15) is 30.3 Å². The maximum Gasteiger partial charge on any atom is 0.310 e. The summed E-state index contributed by atoms with van der Waals surface area (Å²) in [6, 6.07) is 2.38. The summed E-state index contributed by atoms with van der Waals surface area (Å²) in [4.78, 5) is 14.5. The SMILES string of the molecule is CCOC(=O)Cc1cc(C(F)F)nc(C#N)c1O. The second-order valence-electron chi connectivity index (χ2n) is 3.30. The molecule has 0 amide bonds. The van der Waals surface area contributed by atoms with Gasteiger partial charge in [0.2, 0.25) is 0 Å². The fourth-order valence-electron chi connectivity index (χ4n) is 1.31. The minimum Gasteiger partial charge on any atom is -0.505 e. The number of nitriles is 1. The van der Waals surface area contributed by atoms with Crippen LogP contribution in [0.5, 0.6) is 5.75 Å². The maximum absolute atomic E-state index is 12.5. The van der Waals surface area contributed by atoms with Gasteiger partial charge in [0.25, 0.3) is 6.43 Å². The van der Waals surface area contributed by atoms with Crippen LogP contribution < -0.4 is 0 Å². The molecule has 0 fully saturated rings. The van der Waals surface area contributed by atoms with E-state index in [-0.39, 0.29) is 12.2 Å². The number of carbonyl (C=O) groups excluding carboxylic acids is 1. The normalized spacial score (nSPS) is 10.2. The third kappa shape index (κ3) is 3.13. The molecule has 1 rings (SSSR count). The molecule has 7 heteroatoms. The smallest absolute Gasteiger partial charge is 0.310 e. The van der Waals surface area contributed by atoms with E-state index in [1.807, 2.05) is 0 Å². The predicted octanol–water partition coefficient (Wildman–Crippen LogP) is 1.70. The molecule has 0 aliphatic heterocycles. The van der Waals surface area contributed by atoms with Crippen LogP contribution in [0.3, 0.4) is 0 Å². The molecular formula is C11H10F2N2O3. The number of carbonyl (C=O) groups is 1. The van der Waals surface area contributed by atoms with Gasteiger partial charge >= 0.3 is 5.97 Å². The number of alkyl halides is 2. The monoisotopic (exact) mass is 256 g/mol. The van der Waals surface area contributed by atoms with Gasteiger partial charge in [-0.1, -0.05) is 0 Å². The van der Waals surface area contributed by atoms with Crippen LogP contribution in [-0.4, -0.2) is 22.7 Å². The first-order chi connectivity index (χ1) is 8.49. The van der Waals surface area contributed by atoms with E-state index in [1.54, 1.807) is 6.92 Å². The van der Waals surface area contributed by atoms with Gasteiger partial charge in [-0.25, -0.2) is 13.8 Å². The zero-order chi connectivity index (χ0) is 13.7. The predicted molar refractivity (Wildman–Crippen MR) is 55.9 cm³/mol. The van der Waals surface area contributed by atoms with Crippen molar-refractivity contribution < 1.29 is 23.4 Å². The van der Waals surface area contributed by atoms with Crippen LogP contribution in [-0.2, 0) is 16.0 Å². The van der Waals surface area contributed by atoms with Gasteiger partial charge < -0.3 is 9.84 Å². The molecule has 0 aliphatic carbocycles. The van der Waals surface area contributed by atoms with Crippen molar-refractivity contribution in [2.75, 3.05) is 6.61 Å². The summed E-state index contributed by atoms with van der Waals surface area (Å²) < 4.78 is 29.7. The zero-order valence-electron chi connectivity index (χ0n) is 9.48. The Bertz CT molecular complexity index is 498. The molecular weight excluding hydrogens is 246 g/mol. The first-order valence-corrected chi connectivity index (χ1v) is 5.06. The van der Waals surface area contributed by atoms with Crippen LogP contribution >= 0.6 is 0 Å². The molecule has 0 radical (unpaired) electrons. The van der Waals surface area contributed by atoms with E-state index < -0.39 is 36.0 Å². The van der Waals surface area contributed by atoms with Crippen molar-refractivity contribution in [1.82, 2.24) is 4.98 Å². The summed E-state index contributed by atoms with van der Waals surface area (Å²) >= 11 is 0. The van der Waals surface area contributed by atoms with E-state index in [9.17, 15) is 18.7 Å². The van der Waals surface area contributed by atoms with Gasteiger partial charge in [0.15, 0.2) is 11.4 Å². The Kier molecular flexibility index (Phi) is 4.54. The molecule has 18 heavy (non-hydrogen) atoms. The number of rotatable bonds is 4. The van der Waals surface area contributed by atoms with Crippen molar-refractivity contribution in [2.45, 2.75) is 19.8 Å². The minimum absolute atomic E-state index is 0.102. The quantitative estimate of drug-likeness (QED) is 0.829. The zero-order valence-corrected chi connectivity index (χ0v) is 9.48. The lowest BCUT2D eigenvalue weighted by molar-refractivity contribution is -0.142. The highest BCUT2D eigenvalue weighted by Gasteiger charge is 2.19. The molecule has 0 atom stereocenters. The molecule has 0 unspecified atom stereocenters. The van der Waals surface area contributed by atoms with Crippen molar-refractivity contribution in [3.63, 3.8) is 0 Å². The van der Waals surface area contributed by atoms with Gasteiger partial charge in [-0.15, -0.1) is 0 Å². The fourth-order valence-corrected chi connectivity index (χ4v) is 1.31. The Balaban J connectivity index is 3.14. The molecule has 1 aromatic rings. The average molecular weight is 256 g/mol. The summed E-state index contributed by atoms with van der Waals surface area (Å²) in [5.41, 5.74) is -1.30. The highest BCUT2D eigenvalue weighted by Crippen LogP contribution is 2.26. The molecule has 5 nitrogen and oxygen atoms in total. The second-order valence-corrected chi connectivity index (χ2v) is 3.30. The van der Waals surface area contributed by atoms with Gasteiger partial charge in [0, 0.05) is 5.56 Å². The van der Waals surface area contributed by atoms with Crippen molar-refractivity contribution in [2.24, 2.45) is 0 Å². The number of hydrogen-bond donors (Lipinski definition) is 1. The number of halogens is 2. The Morgan fingerprint density at radius 1 is 1.67 bits per heavy atom. The van der Waals surface area contributed by atoms with Crippen LogP contribution in [0.15, 0.2) is 6.07 Å². The summed E-state index contributed by atoms with van der Waals surface area (Å²) in [7, 11) is 0. The molecule has 0 saturated heterocycles. The number of esters is 1. The van der Waals surface area contributed by atoms with E-state index >= 15 is 0 Å². The van der Waals surface area contributed by atoms with E-state index in [1.165, 1.54) is 6.07 Å². The Morgan fingerprint density at radius 2 is 2.33 bits per heavy atom. The Morgan fingerprint density at radius 3 is 2.83 bits per heavy atom. The number of hydrogen-bond acceptors (Lipinski definition) is 5. The highest BCUT2D eigenvalue weighted by atomic mass is 19.3. The van der Waals surface area contributed by atoms with Crippen LogP contribution in [0.25, 0.3) is 0 Å². The minimum atomic E-state index is -2.89. The lowest BCUT2D eigenvalue weighted by atomic mass is 10.1. The second kappa shape index (κ2) is 5.91. The molecule has 1 heterocycles. The van der Waals surface area contributed by atoms with Crippen molar-refractivity contribution >= 4 is 5.97 Å². The Labute approximate surface area is 102 Å². The van der Waals surface area contributed by atoms with E-state index in [2.05, 4.69) is 9.72 Å². The van der Waals surface area contributed by atoms with Crippen molar-refractivity contribution in [1.29, 1.82) is 5.26 Å². The van der Waals surface area contributed by atoms with Gasteiger partial charge in [-0.3, -0.25) is 4.79 Å². The summed E-state index contributed by atoms with van der Waals surface area (Å²) in [6.07, 6.45) is -3.28. The fraction of sp³-hybridized carbons (Fsp3) is 0.364. The lowest BCUT2D eigenvalue weighted by Gasteiger charge is -2.08. The molecule has 1 N–H and O–H groups in total. The average Bonchev–Trinajstić information content (AvgIpc) is 2.31. The first-order valence-electron chi connectivity index (χ1n) is 5.06. The van der Waals surface area contributed by atoms with Crippen molar-refractivity contribution in [3.05, 3.63) is 23.0 Å². The molecule has 0 aliphatic rings. The lowest BCUT2D eigenvalue weighted by Crippen LogP contribution is -2.09. The van der Waals surface area contributed by atoms with Crippen molar-refractivity contribution in [3.8, 4) is 11.8 Å². The highest BCUT2D eigenvalue weighted by molar-refractivity contribution is 5.74. The van der Waals surface area contributed by atoms with Gasteiger partial charge in [0.05, 0.1) is 13.0 Å². The topological polar surface area (TPSA) is 83.2 Å². The van der Waals surface area contributed by atoms with Crippen LogP contribution in [0.4, 0.5) is 8.78 Å². The number of ether oxygens (including phenoxy) is 1. The molecule has 96 valence electrons. The standard InChI is InChI=1S/C11H10F2N2O3/c1-2-18-9(16)4-6-3-7(11(12)13)15-8(5-14)10(6)17/h3,11,17H,2,4H2,1H3. The van der Waals surface area contributed by atoms with Gasteiger partial charge in [-0.2, -0.15) is 5.26 Å². The van der Waals surface area contributed by atoms with E-state index in [0.29, 0.717) is 0 Å². The Hall–Kier alpha value is -2.23. The maximum atomic E-state index is 12.5. The third-order valence-corrected chi connectivity index (χ3v) is 2.06. The van der Waals surface area contributed by atoms with Crippen LogP contribution in [0, 0.1) is 11.3 Å². The third-order valence-electron chi connectivity index (χ3n) is 2.06. The number of aromatic hydroxyl groups is 1. The largest absolute Gasteiger partial charge is 0.505 e. The molecule has 0 bridgehead atoms. The number of pyridine rings is 1. The van der Waals surface area contributed by atoms with E-state index in [4.69, 9.17) is 5.26 Å². The first kappa shape index (κ1) is 13.8. The number of nitrogens with zero attached hydrogens (tertiary/aromatic N) is 2. The van der Waals surface area contributed by atoms with E-state index in [0.717, 1.165) is 6.07 Å². The van der Waals surface area contributed by atoms with Gasteiger partial charge in [-0.05, 0) is 13.0 Å². The molecule has 0 saturated carbocycles. The summed E-state index contributed by atoms with van der Waals surface area (Å²) in [5, 5.41) is 18.2.